The molecule has 2 heterocycles. The number of anilines is 1. The molecule has 26 heavy (non-hydrogen) atoms. The van der Waals surface area contributed by atoms with Gasteiger partial charge in [0.15, 0.2) is 23.0 Å². The zero-order valence-corrected chi connectivity index (χ0v) is 14.5. The van der Waals surface area contributed by atoms with Gasteiger partial charge in [-0.3, -0.25) is 4.40 Å². The zero-order valence-electron chi connectivity index (χ0n) is 14.5. The molecule has 0 aliphatic rings. The monoisotopic (exact) mass is 346 g/mol. The van der Waals surface area contributed by atoms with E-state index in [-0.39, 0.29) is 0 Å². The number of methoxy groups -OCH3 is 2. The minimum Gasteiger partial charge on any atom is -0.493 e. The van der Waals surface area contributed by atoms with E-state index in [0.29, 0.717) is 11.5 Å². The largest absolute Gasteiger partial charge is 0.493 e. The summed E-state index contributed by atoms with van der Waals surface area (Å²) in [6, 6.07) is 17.4. The molecule has 0 aliphatic heterocycles. The smallest absolute Gasteiger partial charge is 0.168 e. The molecule has 0 amide bonds. The predicted octanol–water partition coefficient (Wildman–Crippen LogP) is 3.66. The Hall–Kier alpha value is -3.54. The van der Waals surface area contributed by atoms with Crippen LogP contribution in [0.3, 0.4) is 0 Å². The van der Waals surface area contributed by atoms with Gasteiger partial charge in [0.05, 0.1) is 14.2 Å². The van der Waals surface area contributed by atoms with Gasteiger partial charge in [-0.05, 0) is 53.6 Å². The van der Waals surface area contributed by atoms with Gasteiger partial charge in [0.1, 0.15) is 0 Å². The highest BCUT2D eigenvalue weighted by atomic mass is 16.5. The summed E-state index contributed by atoms with van der Waals surface area (Å²) in [6.45, 7) is 0. The van der Waals surface area contributed by atoms with Crippen LogP contribution in [0.25, 0.3) is 28.2 Å². The Kier molecular flexibility index (Phi) is 3.93. The van der Waals surface area contributed by atoms with Crippen molar-refractivity contribution in [2.24, 2.45) is 0 Å². The van der Waals surface area contributed by atoms with Gasteiger partial charge >= 0.3 is 0 Å². The maximum absolute atomic E-state index is 5.91. The molecule has 0 unspecified atom stereocenters. The van der Waals surface area contributed by atoms with Crippen molar-refractivity contribution in [3.05, 3.63) is 60.8 Å². The Morgan fingerprint density at radius 2 is 1.62 bits per heavy atom. The van der Waals surface area contributed by atoms with Crippen molar-refractivity contribution in [1.82, 2.24) is 14.6 Å². The van der Waals surface area contributed by atoms with E-state index in [1.807, 2.05) is 65.2 Å². The molecule has 2 aromatic carbocycles. The number of nitrogen functional groups attached to an aromatic ring is 1. The summed E-state index contributed by atoms with van der Waals surface area (Å²) in [6.07, 6.45) is 2.01. The second-order valence-corrected chi connectivity index (χ2v) is 5.86. The maximum Gasteiger partial charge on any atom is 0.168 e. The molecule has 0 saturated carbocycles. The molecule has 2 aromatic heterocycles. The highest BCUT2D eigenvalue weighted by Crippen LogP contribution is 2.32. The van der Waals surface area contributed by atoms with E-state index in [2.05, 4.69) is 10.2 Å². The third-order valence-corrected chi connectivity index (χ3v) is 4.26. The van der Waals surface area contributed by atoms with Gasteiger partial charge < -0.3 is 15.2 Å². The molecule has 0 bridgehead atoms. The standard InChI is InChI=1S/C20H18N4O2/c1-25-17-8-6-14(11-18(17)26-2)20-23-22-19-9-7-15(12-24(19)20)13-4-3-5-16(21)10-13/h3-12H,21H2,1-2H3. The van der Waals surface area contributed by atoms with Crippen LogP contribution in [0.5, 0.6) is 11.5 Å². The number of ether oxygens (including phenoxy) is 2. The average Bonchev–Trinajstić information content (AvgIpc) is 3.10. The lowest BCUT2D eigenvalue weighted by Crippen LogP contribution is -1.94. The Balaban J connectivity index is 1.85. The first-order valence-electron chi connectivity index (χ1n) is 8.12. The number of hydrogen-bond acceptors (Lipinski definition) is 5. The quantitative estimate of drug-likeness (QED) is 0.571. The SMILES string of the molecule is COc1ccc(-c2nnc3ccc(-c4cccc(N)c4)cn23)cc1OC. The molecule has 6 nitrogen and oxygen atoms in total. The van der Waals surface area contributed by atoms with Gasteiger partial charge in [-0.2, -0.15) is 0 Å². The normalized spacial score (nSPS) is 10.8. The van der Waals surface area contributed by atoms with Gasteiger partial charge in [0.25, 0.3) is 0 Å². The van der Waals surface area contributed by atoms with Crippen LogP contribution in [0.15, 0.2) is 60.8 Å². The number of benzene rings is 2. The fourth-order valence-corrected chi connectivity index (χ4v) is 2.95. The minimum atomic E-state index is 0.647. The second-order valence-electron chi connectivity index (χ2n) is 5.86. The summed E-state index contributed by atoms with van der Waals surface area (Å²) in [5.74, 6) is 2.05. The first-order chi connectivity index (χ1) is 12.7. The van der Waals surface area contributed by atoms with E-state index >= 15 is 0 Å². The first-order valence-corrected chi connectivity index (χ1v) is 8.12. The predicted molar refractivity (Wildman–Crippen MR) is 101 cm³/mol. The lowest BCUT2D eigenvalue weighted by atomic mass is 10.1. The molecule has 0 aliphatic carbocycles. The molecule has 0 atom stereocenters. The van der Waals surface area contributed by atoms with Crippen molar-refractivity contribution in [3.8, 4) is 34.0 Å². The topological polar surface area (TPSA) is 74.7 Å². The van der Waals surface area contributed by atoms with Crippen LogP contribution in [-0.4, -0.2) is 28.8 Å². The maximum atomic E-state index is 5.91. The summed E-state index contributed by atoms with van der Waals surface area (Å²) in [7, 11) is 3.23. The molecule has 4 rings (SSSR count). The fourth-order valence-electron chi connectivity index (χ4n) is 2.95. The molecule has 0 fully saturated rings. The highest BCUT2D eigenvalue weighted by Gasteiger charge is 2.12. The second kappa shape index (κ2) is 6.40. The zero-order chi connectivity index (χ0) is 18.1. The number of hydrogen-bond donors (Lipinski definition) is 1. The van der Waals surface area contributed by atoms with Crippen molar-refractivity contribution in [3.63, 3.8) is 0 Å². The Labute approximate surface area is 150 Å². The number of aromatic nitrogens is 3. The van der Waals surface area contributed by atoms with Crippen molar-refractivity contribution >= 4 is 11.3 Å². The summed E-state index contributed by atoms with van der Waals surface area (Å²) in [5.41, 5.74) is 10.4. The van der Waals surface area contributed by atoms with Crippen LogP contribution in [-0.2, 0) is 0 Å². The van der Waals surface area contributed by atoms with E-state index in [1.54, 1.807) is 14.2 Å². The average molecular weight is 346 g/mol. The van der Waals surface area contributed by atoms with Crippen molar-refractivity contribution in [2.45, 2.75) is 0 Å². The summed E-state index contributed by atoms with van der Waals surface area (Å²) < 4.78 is 12.7. The third-order valence-electron chi connectivity index (χ3n) is 4.26. The van der Waals surface area contributed by atoms with Gasteiger partial charge in [0.2, 0.25) is 0 Å². The number of fused-ring (bicyclic) bond motifs is 1. The fraction of sp³-hybridized carbons (Fsp3) is 0.100. The van der Waals surface area contributed by atoms with E-state index in [1.165, 1.54) is 0 Å². The van der Waals surface area contributed by atoms with Crippen molar-refractivity contribution in [1.29, 1.82) is 0 Å². The van der Waals surface area contributed by atoms with Crippen molar-refractivity contribution < 1.29 is 9.47 Å². The number of rotatable bonds is 4. The van der Waals surface area contributed by atoms with E-state index in [4.69, 9.17) is 15.2 Å². The Morgan fingerprint density at radius 1 is 0.808 bits per heavy atom. The van der Waals surface area contributed by atoms with Crippen LogP contribution < -0.4 is 15.2 Å². The molecule has 0 radical (unpaired) electrons. The molecule has 130 valence electrons. The minimum absolute atomic E-state index is 0.647. The number of pyridine rings is 1. The lowest BCUT2D eigenvalue weighted by Gasteiger charge is -2.09. The van der Waals surface area contributed by atoms with Crippen LogP contribution in [0.4, 0.5) is 5.69 Å². The Morgan fingerprint density at radius 3 is 2.38 bits per heavy atom. The van der Waals surface area contributed by atoms with Gasteiger partial charge in [-0.1, -0.05) is 12.1 Å². The van der Waals surface area contributed by atoms with Gasteiger partial charge in [0, 0.05) is 17.4 Å². The molecule has 4 aromatic rings. The lowest BCUT2D eigenvalue weighted by molar-refractivity contribution is 0.355. The first kappa shape index (κ1) is 16.0. The Bertz CT molecular complexity index is 1090. The molecule has 0 spiro atoms. The van der Waals surface area contributed by atoms with Gasteiger partial charge in [-0.15, -0.1) is 10.2 Å². The molecular formula is C20H18N4O2. The summed E-state index contributed by atoms with van der Waals surface area (Å²) in [5, 5.41) is 8.60. The van der Waals surface area contributed by atoms with Crippen LogP contribution in [0.1, 0.15) is 0 Å². The van der Waals surface area contributed by atoms with E-state index in [9.17, 15) is 0 Å². The van der Waals surface area contributed by atoms with E-state index in [0.717, 1.165) is 33.8 Å². The van der Waals surface area contributed by atoms with Crippen LogP contribution in [0, 0.1) is 0 Å². The summed E-state index contributed by atoms with van der Waals surface area (Å²) >= 11 is 0. The van der Waals surface area contributed by atoms with Crippen molar-refractivity contribution in [2.75, 3.05) is 20.0 Å². The molecule has 0 saturated heterocycles. The van der Waals surface area contributed by atoms with Gasteiger partial charge in [-0.25, -0.2) is 0 Å². The number of nitrogens with zero attached hydrogens (tertiary/aromatic N) is 3. The highest BCUT2D eigenvalue weighted by molar-refractivity contribution is 5.70. The molecular weight excluding hydrogens is 328 g/mol. The summed E-state index contributed by atoms with van der Waals surface area (Å²) in [4.78, 5) is 0. The van der Waals surface area contributed by atoms with Crippen LogP contribution in [0.2, 0.25) is 0 Å². The molecule has 2 N–H and O–H groups in total. The van der Waals surface area contributed by atoms with E-state index < -0.39 is 0 Å². The van der Waals surface area contributed by atoms with Crippen LogP contribution >= 0.6 is 0 Å². The molecule has 6 heteroatoms. The third kappa shape index (κ3) is 2.71. The number of nitrogens with two attached hydrogens (primary N) is 1.